The lowest BCUT2D eigenvalue weighted by Crippen LogP contribution is -2.49. The van der Waals surface area contributed by atoms with Crippen LogP contribution in [0.3, 0.4) is 0 Å². The summed E-state index contributed by atoms with van der Waals surface area (Å²) in [5.41, 5.74) is -2.96. The van der Waals surface area contributed by atoms with Crippen LogP contribution in [0.4, 0.5) is 31.1 Å². The van der Waals surface area contributed by atoms with Crippen LogP contribution in [0.15, 0.2) is 51.9 Å². The summed E-state index contributed by atoms with van der Waals surface area (Å²) >= 11 is 0. The Morgan fingerprint density at radius 1 is 1.08 bits per heavy atom. The lowest BCUT2D eigenvalue weighted by molar-refractivity contribution is -0.159. The number of halogens is 6. The normalized spacial score (nSPS) is 13.5. The maximum Gasteiger partial charge on any atom is 0.471 e. The predicted molar refractivity (Wildman–Crippen MR) is 113 cm³/mol. The van der Waals surface area contributed by atoms with Crippen molar-refractivity contribution in [2.45, 2.75) is 51.2 Å². The zero-order valence-electron chi connectivity index (χ0n) is 19.1. The van der Waals surface area contributed by atoms with E-state index in [9.17, 15) is 41.0 Å². The average Bonchev–Trinajstić information content (AvgIpc) is 3.23. The summed E-state index contributed by atoms with van der Waals surface area (Å²) < 4.78 is 83.3. The zero-order chi connectivity index (χ0) is 27.1. The van der Waals surface area contributed by atoms with Gasteiger partial charge in [-0.25, -0.2) is 4.79 Å². The van der Waals surface area contributed by atoms with Crippen molar-refractivity contribution in [3.8, 4) is 11.4 Å². The van der Waals surface area contributed by atoms with Crippen LogP contribution in [0, 0.1) is 0 Å². The molecule has 0 fully saturated rings. The first-order valence-corrected chi connectivity index (χ1v) is 10.3. The molecule has 1 aromatic carbocycles. The lowest BCUT2D eigenvalue weighted by atomic mass is 9.96. The number of benzene rings is 1. The van der Waals surface area contributed by atoms with E-state index in [1.165, 1.54) is 12.1 Å². The molecule has 1 N–H and O–H groups in total. The van der Waals surface area contributed by atoms with E-state index in [0.29, 0.717) is 0 Å². The van der Waals surface area contributed by atoms with Gasteiger partial charge in [0.05, 0.1) is 18.2 Å². The Hall–Kier alpha value is -3.84. The third-order valence-electron chi connectivity index (χ3n) is 5.13. The van der Waals surface area contributed by atoms with Gasteiger partial charge in [-0.3, -0.25) is 9.69 Å². The van der Waals surface area contributed by atoms with Crippen LogP contribution in [-0.4, -0.2) is 36.3 Å². The standard InChI is InChI=1S/C22H20F6N4O4/c1-20(2,3)32(19(34)35)15(12-5-4-6-14(9-12)21(23,24)25)11-31-8-7-13(10-16(31)33)17-29-18(36-30-17)22(26,27)28/h4-10,15H,11H2,1-3H3,(H,34,35). The SMILES string of the molecule is CC(C)(C)N(C(=O)O)C(Cn1ccc(-c2noc(C(F)(F)F)n2)cc1=O)c1cccc(C(F)(F)F)c1. The van der Waals surface area contributed by atoms with Gasteiger partial charge in [0.2, 0.25) is 5.82 Å². The molecule has 194 valence electrons. The van der Waals surface area contributed by atoms with Crippen LogP contribution >= 0.6 is 0 Å². The monoisotopic (exact) mass is 518 g/mol. The molecule has 0 saturated carbocycles. The highest BCUT2D eigenvalue weighted by atomic mass is 19.4. The van der Waals surface area contributed by atoms with Gasteiger partial charge < -0.3 is 14.2 Å². The van der Waals surface area contributed by atoms with Crippen LogP contribution in [0.25, 0.3) is 11.4 Å². The van der Waals surface area contributed by atoms with Gasteiger partial charge in [0.1, 0.15) is 0 Å². The van der Waals surface area contributed by atoms with E-state index >= 15 is 0 Å². The highest BCUT2D eigenvalue weighted by molar-refractivity contribution is 5.67. The zero-order valence-corrected chi connectivity index (χ0v) is 19.1. The molecule has 36 heavy (non-hydrogen) atoms. The van der Waals surface area contributed by atoms with E-state index in [2.05, 4.69) is 14.7 Å². The highest BCUT2D eigenvalue weighted by Crippen LogP contribution is 2.35. The molecular formula is C22H20F6N4O4. The number of carboxylic acid groups (broad SMARTS) is 1. The largest absolute Gasteiger partial charge is 0.471 e. The first kappa shape index (κ1) is 26.8. The minimum absolute atomic E-state index is 0.00823. The van der Waals surface area contributed by atoms with E-state index in [0.717, 1.165) is 39.9 Å². The summed E-state index contributed by atoms with van der Waals surface area (Å²) in [4.78, 5) is 29.0. The molecule has 0 spiro atoms. The van der Waals surface area contributed by atoms with Crippen molar-refractivity contribution in [1.82, 2.24) is 19.6 Å². The molecule has 8 nitrogen and oxygen atoms in total. The maximum absolute atomic E-state index is 13.3. The average molecular weight is 518 g/mol. The minimum atomic E-state index is -4.88. The quantitative estimate of drug-likeness (QED) is 0.451. The number of nitrogens with zero attached hydrogens (tertiary/aromatic N) is 4. The number of hydrogen-bond acceptors (Lipinski definition) is 5. The number of rotatable bonds is 5. The van der Waals surface area contributed by atoms with Gasteiger partial charge in [0.25, 0.3) is 5.56 Å². The molecule has 2 aromatic heterocycles. The Labute approximate surface area is 199 Å². The fraction of sp³-hybridized carbons (Fsp3) is 0.364. The summed E-state index contributed by atoms with van der Waals surface area (Å²) in [5, 5.41) is 13.1. The molecule has 1 unspecified atom stereocenters. The first-order valence-electron chi connectivity index (χ1n) is 10.3. The Balaban J connectivity index is 2.05. The van der Waals surface area contributed by atoms with Gasteiger partial charge in [-0.2, -0.15) is 31.3 Å². The third kappa shape index (κ3) is 5.86. The van der Waals surface area contributed by atoms with Crippen molar-refractivity contribution in [1.29, 1.82) is 0 Å². The number of pyridine rings is 1. The number of alkyl halides is 6. The third-order valence-corrected chi connectivity index (χ3v) is 5.13. The smallest absolute Gasteiger partial charge is 0.465 e. The number of carbonyl (C=O) groups is 1. The highest BCUT2D eigenvalue weighted by Gasteiger charge is 2.39. The van der Waals surface area contributed by atoms with Crippen molar-refractivity contribution in [3.05, 3.63) is 70.0 Å². The van der Waals surface area contributed by atoms with Crippen molar-refractivity contribution in [2.24, 2.45) is 0 Å². The number of amides is 1. The van der Waals surface area contributed by atoms with E-state index in [1.807, 2.05) is 0 Å². The molecule has 0 aliphatic carbocycles. The molecule has 0 saturated heterocycles. The van der Waals surface area contributed by atoms with E-state index in [4.69, 9.17) is 0 Å². The molecule has 0 aliphatic rings. The van der Waals surface area contributed by atoms with Crippen molar-refractivity contribution < 1.29 is 40.8 Å². The van der Waals surface area contributed by atoms with Gasteiger partial charge in [0.15, 0.2) is 0 Å². The van der Waals surface area contributed by atoms with Gasteiger partial charge in [-0.05, 0) is 44.5 Å². The first-order chi connectivity index (χ1) is 16.5. The molecule has 0 aliphatic heterocycles. The summed E-state index contributed by atoms with van der Waals surface area (Å²) in [5.74, 6) is -2.10. The molecule has 0 radical (unpaired) electrons. The molecule has 0 bridgehead atoms. The predicted octanol–water partition coefficient (Wildman–Crippen LogP) is 5.46. The van der Waals surface area contributed by atoms with Crippen LogP contribution in [0.1, 0.15) is 43.8 Å². The van der Waals surface area contributed by atoms with Gasteiger partial charge in [-0.15, -0.1) is 0 Å². The van der Waals surface area contributed by atoms with Crippen molar-refractivity contribution >= 4 is 6.09 Å². The number of hydrogen-bond donors (Lipinski definition) is 1. The van der Waals surface area contributed by atoms with Gasteiger partial charge in [0, 0.05) is 23.4 Å². The second-order valence-electron chi connectivity index (χ2n) is 8.79. The van der Waals surface area contributed by atoms with Crippen LogP contribution in [0.2, 0.25) is 0 Å². The maximum atomic E-state index is 13.3. The second-order valence-corrected chi connectivity index (χ2v) is 8.79. The fourth-order valence-corrected chi connectivity index (χ4v) is 3.59. The molecule has 3 rings (SSSR count). The van der Waals surface area contributed by atoms with E-state index in [-0.39, 0.29) is 17.7 Å². The second kappa shape index (κ2) is 9.32. The Morgan fingerprint density at radius 2 is 1.75 bits per heavy atom. The summed E-state index contributed by atoms with van der Waals surface area (Å²) in [6, 6.07) is 4.99. The van der Waals surface area contributed by atoms with Crippen LogP contribution in [-0.2, 0) is 18.9 Å². The molecule has 2 heterocycles. The summed E-state index contributed by atoms with van der Waals surface area (Å²) in [6.45, 7) is 4.25. The van der Waals surface area contributed by atoms with E-state index in [1.54, 1.807) is 20.8 Å². The lowest BCUT2D eigenvalue weighted by Gasteiger charge is -2.40. The molecule has 1 amide bonds. The summed E-state index contributed by atoms with van der Waals surface area (Å²) in [7, 11) is 0. The molecule has 1 atom stereocenters. The van der Waals surface area contributed by atoms with Crippen molar-refractivity contribution in [2.75, 3.05) is 0 Å². The minimum Gasteiger partial charge on any atom is -0.465 e. The Bertz CT molecular complexity index is 1310. The van der Waals surface area contributed by atoms with Gasteiger partial charge >= 0.3 is 24.3 Å². The van der Waals surface area contributed by atoms with Crippen molar-refractivity contribution in [3.63, 3.8) is 0 Å². The number of aromatic nitrogens is 3. The topological polar surface area (TPSA) is 101 Å². The van der Waals surface area contributed by atoms with Crippen LogP contribution in [0.5, 0.6) is 0 Å². The fourth-order valence-electron chi connectivity index (χ4n) is 3.59. The van der Waals surface area contributed by atoms with E-state index < -0.39 is 52.9 Å². The molecular weight excluding hydrogens is 498 g/mol. The Kier molecular flexibility index (Phi) is 6.92. The molecule has 3 aromatic rings. The summed E-state index contributed by atoms with van der Waals surface area (Å²) in [6.07, 6.45) is -9.84. The molecule has 14 heteroatoms. The Morgan fingerprint density at radius 3 is 2.25 bits per heavy atom. The van der Waals surface area contributed by atoms with Crippen LogP contribution < -0.4 is 5.56 Å². The van der Waals surface area contributed by atoms with Gasteiger partial charge in [-0.1, -0.05) is 17.3 Å².